The molecule has 6 nitrogen and oxygen atoms in total. The van der Waals surface area contributed by atoms with Crippen LogP contribution < -0.4 is 5.32 Å². The number of para-hydroxylation sites is 2. The fraction of sp³-hybridized carbons (Fsp3) is 0.364. The van der Waals surface area contributed by atoms with E-state index >= 15 is 0 Å². The Kier molecular flexibility index (Phi) is 5.76. The van der Waals surface area contributed by atoms with Gasteiger partial charge >= 0.3 is 0 Å². The van der Waals surface area contributed by atoms with E-state index in [1.54, 1.807) is 19.2 Å². The topological polar surface area (TPSA) is 65.5 Å². The van der Waals surface area contributed by atoms with Crippen LogP contribution >= 0.6 is 0 Å². The van der Waals surface area contributed by atoms with Crippen LogP contribution in [0.3, 0.4) is 0 Å². The molecular formula is C22H26FN5O. The predicted molar refractivity (Wildman–Crippen MR) is 112 cm³/mol. The summed E-state index contributed by atoms with van der Waals surface area (Å²) in [7, 11) is 1.79. The second kappa shape index (κ2) is 8.61. The molecule has 3 aromatic rings. The van der Waals surface area contributed by atoms with Crippen molar-refractivity contribution in [3.05, 3.63) is 65.7 Å². The van der Waals surface area contributed by atoms with Gasteiger partial charge in [-0.25, -0.2) is 9.37 Å². The molecule has 2 heterocycles. The number of nitrogens with one attached hydrogen (secondary N) is 2. The average Bonchev–Trinajstić information content (AvgIpc) is 3.14. The van der Waals surface area contributed by atoms with Gasteiger partial charge in [0.15, 0.2) is 5.96 Å². The van der Waals surface area contributed by atoms with Crippen molar-refractivity contribution < 1.29 is 9.13 Å². The Morgan fingerprint density at radius 3 is 2.79 bits per heavy atom. The summed E-state index contributed by atoms with van der Waals surface area (Å²) in [5.74, 6) is 1.55. The molecule has 4 rings (SSSR count). The van der Waals surface area contributed by atoms with Gasteiger partial charge in [0.1, 0.15) is 17.7 Å². The van der Waals surface area contributed by atoms with Crippen LogP contribution in [0, 0.1) is 5.82 Å². The lowest BCUT2D eigenvalue weighted by atomic mass is 10.1. The molecule has 0 spiro atoms. The number of ether oxygens (including phenoxy) is 1. The van der Waals surface area contributed by atoms with Crippen molar-refractivity contribution in [1.82, 2.24) is 20.2 Å². The van der Waals surface area contributed by atoms with Gasteiger partial charge in [-0.15, -0.1) is 0 Å². The molecule has 1 aromatic heterocycles. The summed E-state index contributed by atoms with van der Waals surface area (Å²) in [5.41, 5.74) is 3.01. The number of guanidine groups is 1. The molecule has 0 radical (unpaired) electrons. The van der Waals surface area contributed by atoms with Crippen molar-refractivity contribution in [2.45, 2.75) is 25.6 Å². The number of hydrogen-bond donors (Lipinski definition) is 2. The van der Waals surface area contributed by atoms with Gasteiger partial charge in [-0.2, -0.15) is 0 Å². The third-order valence-electron chi connectivity index (χ3n) is 5.10. The number of nitrogens with zero attached hydrogens (tertiary/aromatic N) is 3. The molecular weight excluding hydrogens is 369 g/mol. The number of aliphatic imine (C=N–C) groups is 1. The van der Waals surface area contributed by atoms with Crippen LogP contribution in [0.5, 0.6) is 0 Å². The van der Waals surface area contributed by atoms with Gasteiger partial charge in [0.25, 0.3) is 0 Å². The Morgan fingerprint density at radius 2 is 2.03 bits per heavy atom. The van der Waals surface area contributed by atoms with Crippen molar-refractivity contribution >= 4 is 17.0 Å². The summed E-state index contributed by atoms with van der Waals surface area (Å²) in [4.78, 5) is 14.6. The van der Waals surface area contributed by atoms with Crippen LogP contribution in [-0.2, 0) is 11.2 Å². The minimum Gasteiger partial charge on any atom is -0.367 e. The first-order chi connectivity index (χ1) is 14.1. The van der Waals surface area contributed by atoms with Crippen molar-refractivity contribution in [3.63, 3.8) is 0 Å². The zero-order valence-corrected chi connectivity index (χ0v) is 16.7. The minimum atomic E-state index is -0.238. The van der Waals surface area contributed by atoms with Crippen LogP contribution in [0.1, 0.15) is 24.4 Å². The lowest BCUT2D eigenvalue weighted by molar-refractivity contribution is -0.0604. The molecule has 29 heavy (non-hydrogen) atoms. The third-order valence-corrected chi connectivity index (χ3v) is 5.10. The standard InChI is InChI=1S/C22H26FN5O/c1-15-13-28(14-20(29-15)16-7-9-17(23)10-8-16)22(24-2)25-12-11-21-26-18-5-3-4-6-19(18)27-21/h3-10,15,20H,11-14H2,1-2H3,(H,24,25)(H,26,27). The monoisotopic (exact) mass is 395 g/mol. The number of hydrogen-bond acceptors (Lipinski definition) is 3. The Hall–Kier alpha value is -2.93. The first kappa shape index (κ1) is 19.4. The van der Waals surface area contributed by atoms with Gasteiger partial charge in [0, 0.05) is 26.6 Å². The van der Waals surface area contributed by atoms with Gasteiger partial charge in [0.2, 0.25) is 0 Å². The number of H-pyrrole nitrogens is 1. The second-order valence-electron chi connectivity index (χ2n) is 7.32. The van der Waals surface area contributed by atoms with Gasteiger partial charge in [-0.3, -0.25) is 4.99 Å². The molecule has 0 bridgehead atoms. The van der Waals surface area contributed by atoms with Crippen LogP contribution in [-0.4, -0.2) is 53.6 Å². The van der Waals surface area contributed by atoms with Crippen molar-refractivity contribution in [2.24, 2.45) is 4.99 Å². The van der Waals surface area contributed by atoms with Crippen molar-refractivity contribution in [3.8, 4) is 0 Å². The molecule has 152 valence electrons. The average molecular weight is 395 g/mol. The number of aromatic nitrogens is 2. The van der Waals surface area contributed by atoms with Crippen LogP contribution in [0.25, 0.3) is 11.0 Å². The number of aromatic amines is 1. The molecule has 2 N–H and O–H groups in total. The number of imidazole rings is 1. The highest BCUT2D eigenvalue weighted by molar-refractivity contribution is 5.80. The van der Waals surface area contributed by atoms with Crippen LogP contribution in [0.2, 0.25) is 0 Å². The molecule has 0 saturated carbocycles. The predicted octanol–water partition coefficient (Wildman–Crippen LogP) is 3.28. The van der Waals surface area contributed by atoms with Gasteiger partial charge in [-0.05, 0) is 36.8 Å². The van der Waals surface area contributed by atoms with Crippen LogP contribution in [0.15, 0.2) is 53.5 Å². The quantitative estimate of drug-likeness (QED) is 0.526. The summed E-state index contributed by atoms with van der Waals surface area (Å²) in [6, 6.07) is 14.6. The van der Waals surface area contributed by atoms with E-state index in [1.807, 2.05) is 31.2 Å². The number of rotatable bonds is 4. The first-order valence-electron chi connectivity index (χ1n) is 9.92. The normalized spacial score (nSPS) is 20.2. The van der Waals surface area contributed by atoms with E-state index in [0.717, 1.165) is 47.9 Å². The number of halogens is 1. The second-order valence-corrected chi connectivity index (χ2v) is 7.32. The maximum absolute atomic E-state index is 13.2. The highest BCUT2D eigenvalue weighted by atomic mass is 19.1. The van der Waals surface area contributed by atoms with E-state index in [9.17, 15) is 4.39 Å². The van der Waals surface area contributed by atoms with Crippen LogP contribution in [0.4, 0.5) is 4.39 Å². The molecule has 1 fully saturated rings. The van der Waals surface area contributed by atoms with E-state index in [-0.39, 0.29) is 18.0 Å². The highest BCUT2D eigenvalue weighted by Crippen LogP contribution is 2.25. The van der Waals surface area contributed by atoms with E-state index in [4.69, 9.17) is 4.74 Å². The summed E-state index contributed by atoms with van der Waals surface area (Å²) in [5, 5.41) is 3.43. The molecule has 2 unspecified atom stereocenters. The fourth-order valence-corrected chi connectivity index (χ4v) is 3.73. The van der Waals surface area contributed by atoms with E-state index < -0.39 is 0 Å². The van der Waals surface area contributed by atoms with Gasteiger partial charge < -0.3 is 19.9 Å². The van der Waals surface area contributed by atoms with Crippen molar-refractivity contribution in [2.75, 3.05) is 26.7 Å². The highest BCUT2D eigenvalue weighted by Gasteiger charge is 2.28. The maximum atomic E-state index is 13.2. The fourth-order valence-electron chi connectivity index (χ4n) is 3.73. The molecule has 0 aliphatic carbocycles. The molecule has 1 aliphatic heterocycles. The zero-order chi connectivity index (χ0) is 20.2. The summed E-state index contributed by atoms with van der Waals surface area (Å²) in [6.45, 7) is 4.19. The van der Waals surface area contributed by atoms with E-state index in [1.165, 1.54) is 12.1 Å². The first-order valence-corrected chi connectivity index (χ1v) is 9.92. The lowest BCUT2D eigenvalue weighted by Gasteiger charge is -2.38. The van der Waals surface area contributed by atoms with E-state index in [2.05, 4.69) is 25.2 Å². The number of morpholine rings is 1. The summed E-state index contributed by atoms with van der Waals surface area (Å²) in [6.07, 6.45) is 0.704. The molecule has 7 heteroatoms. The largest absolute Gasteiger partial charge is 0.367 e. The minimum absolute atomic E-state index is 0.0488. The summed E-state index contributed by atoms with van der Waals surface area (Å²) < 4.78 is 19.3. The molecule has 1 aliphatic rings. The molecule has 2 atom stereocenters. The SMILES string of the molecule is CN=C(NCCc1nc2ccccc2[nH]1)N1CC(C)OC(c2ccc(F)cc2)C1. The van der Waals surface area contributed by atoms with E-state index in [0.29, 0.717) is 6.54 Å². The molecule has 2 aromatic carbocycles. The Morgan fingerprint density at radius 1 is 1.24 bits per heavy atom. The Bertz CT molecular complexity index is 951. The Balaban J connectivity index is 1.38. The smallest absolute Gasteiger partial charge is 0.193 e. The van der Waals surface area contributed by atoms with Gasteiger partial charge in [-0.1, -0.05) is 24.3 Å². The van der Waals surface area contributed by atoms with Crippen molar-refractivity contribution in [1.29, 1.82) is 0 Å². The number of benzene rings is 2. The number of fused-ring (bicyclic) bond motifs is 1. The lowest BCUT2D eigenvalue weighted by Crippen LogP contribution is -2.51. The summed E-state index contributed by atoms with van der Waals surface area (Å²) >= 11 is 0. The molecule has 1 saturated heterocycles. The zero-order valence-electron chi connectivity index (χ0n) is 16.7. The molecule has 0 amide bonds. The van der Waals surface area contributed by atoms with Gasteiger partial charge in [0.05, 0.1) is 23.7 Å². The Labute approximate surface area is 169 Å². The maximum Gasteiger partial charge on any atom is 0.193 e. The third kappa shape index (κ3) is 4.56.